The first kappa shape index (κ1) is 17.9. The van der Waals surface area contributed by atoms with E-state index >= 15 is 0 Å². The van der Waals surface area contributed by atoms with Gasteiger partial charge in [0.1, 0.15) is 0 Å². The quantitative estimate of drug-likeness (QED) is 0.703. The van der Waals surface area contributed by atoms with Gasteiger partial charge in [0.05, 0.1) is 28.3 Å². The molecule has 0 spiro atoms. The van der Waals surface area contributed by atoms with Crippen LogP contribution in [0.5, 0.6) is 0 Å². The highest BCUT2D eigenvalue weighted by molar-refractivity contribution is 6.35. The van der Waals surface area contributed by atoms with Crippen LogP contribution in [0, 0.1) is 6.92 Å². The van der Waals surface area contributed by atoms with E-state index in [1.807, 2.05) is 18.2 Å². The molecule has 0 aliphatic heterocycles. The molecular formula is C19H24ClN5. The largest absolute Gasteiger partial charge is 0.348 e. The third-order valence-electron chi connectivity index (χ3n) is 4.29. The number of aromatic amines is 1. The number of nitrogens with zero attached hydrogens (tertiary/aromatic N) is 4. The Hall–Kier alpha value is -1.95. The number of pyridine rings is 1. The minimum atomic E-state index is 0.697. The summed E-state index contributed by atoms with van der Waals surface area (Å²) in [5.41, 5.74) is 4.08. The smallest absolute Gasteiger partial charge is 0.0925 e. The van der Waals surface area contributed by atoms with Crippen molar-refractivity contribution >= 4 is 22.5 Å². The van der Waals surface area contributed by atoms with Crippen LogP contribution >= 0.6 is 11.6 Å². The number of hydrogen-bond acceptors (Lipinski definition) is 4. The van der Waals surface area contributed by atoms with Gasteiger partial charge in [-0.3, -0.25) is 4.90 Å². The summed E-state index contributed by atoms with van der Waals surface area (Å²) in [5, 5.41) is 1.77. The van der Waals surface area contributed by atoms with Crippen LogP contribution in [0.1, 0.15) is 17.1 Å². The summed E-state index contributed by atoms with van der Waals surface area (Å²) in [6, 6.07) is 10.1. The van der Waals surface area contributed by atoms with Crippen LogP contribution in [0.4, 0.5) is 0 Å². The molecule has 0 fully saturated rings. The maximum absolute atomic E-state index is 6.31. The summed E-state index contributed by atoms with van der Waals surface area (Å²) in [7, 11) is 4.18. The van der Waals surface area contributed by atoms with Gasteiger partial charge in [0.15, 0.2) is 0 Å². The number of aryl methyl sites for hydroxylation is 1. The second kappa shape index (κ2) is 7.95. The maximum atomic E-state index is 6.31. The number of aromatic nitrogens is 3. The first-order chi connectivity index (χ1) is 12.0. The van der Waals surface area contributed by atoms with E-state index in [9.17, 15) is 0 Å². The molecule has 132 valence electrons. The molecule has 2 heterocycles. The molecule has 0 aliphatic rings. The highest BCUT2D eigenvalue weighted by atomic mass is 35.5. The van der Waals surface area contributed by atoms with E-state index in [4.69, 9.17) is 16.6 Å². The van der Waals surface area contributed by atoms with Gasteiger partial charge in [-0.25, -0.2) is 9.97 Å². The van der Waals surface area contributed by atoms with Gasteiger partial charge in [-0.05, 0) is 33.2 Å². The lowest BCUT2D eigenvalue weighted by molar-refractivity contribution is 0.222. The number of hydrogen-bond donors (Lipinski definition) is 1. The normalized spacial score (nSPS) is 11.8. The van der Waals surface area contributed by atoms with Crippen LogP contribution in [0.2, 0.25) is 5.02 Å². The van der Waals surface area contributed by atoms with Gasteiger partial charge in [-0.1, -0.05) is 29.8 Å². The van der Waals surface area contributed by atoms with Gasteiger partial charge in [-0.2, -0.15) is 0 Å². The molecule has 0 saturated carbocycles. The zero-order valence-corrected chi connectivity index (χ0v) is 15.7. The van der Waals surface area contributed by atoms with Crippen molar-refractivity contribution in [1.29, 1.82) is 0 Å². The lowest BCUT2D eigenvalue weighted by Crippen LogP contribution is -2.31. The van der Waals surface area contributed by atoms with Crippen LogP contribution in [-0.4, -0.2) is 51.9 Å². The van der Waals surface area contributed by atoms with Gasteiger partial charge in [0.2, 0.25) is 0 Å². The van der Waals surface area contributed by atoms with Gasteiger partial charge in [0.25, 0.3) is 0 Å². The molecule has 5 nitrogen and oxygen atoms in total. The molecule has 0 aliphatic carbocycles. The van der Waals surface area contributed by atoms with Crippen LogP contribution in [-0.2, 0) is 13.1 Å². The van der Waals surface area contributed by atoms with Crippen LogP contribution in [0.15, 0.2) is 36.7 Å². The average molecular weight is 358 g/mol. The lowest BCUT2D eigenvalue weighted by Gasteiger charge is -2.23. The molecule has 3 rings (SSSR count). The third-order valence-corrected chi connectivity index (χ3v) is 4.59. The minimum absolute atomic E-state index is 0.697. The number of imidazole rings is 1. The van der Waals surface area contributed by atoms with E-state index in [0.717, 1.165) is 54.2 Å². The molecule has 0 atom stereocenters. The SMILES string of the molecule is Cc1[nH]cnc1CN(CCN(C)C)Cc1ccc2cccc(Cl)c2n1. The van der Waals surface area contributed by atoms with Crippen molar-refractivity contribution in [2.75, 3.05) is 27.2 Å². The molecule has 0 radical (unpaired) electrons. The Labute approximate surface area is 153 Å². The zero-order valence-electron chi connectivity index (χ0n) is 15.0. The van der Waals surface area contributed by atoms with Gasteiger partial charge in [-0.15, -0.1) is 0 Å². The molecule has 0 bridgehead atoms. The summed E-state index contributed by atoms with van der Waals surface area (Å²) in [4.78, 5) is 16.9. The number of fused-ring (bicyclic) bond motifs is 1. The summed E-state index contributed by atoms with van der Waals surface area (Å²) in [6.07, 6.45) is 1.75. The fourth-order valence-electron chi connectivity index (χ4n) is 2.78. The van der Waals surface area contributed by atoms with E-state index in [0.29, 0.717) is 5.02 Å². The van der Waals surface area contributed by atoms with E-state index in [2.05, 4.69) is 52.9 Å². The number of rotatable bonds is 7. The van der Waals surface area contributed by atoms with Crippen molar-refractivity contribution in [3.05, 3.63) is 58.8 Å². The highest BCUT2D eigenvalue weighted by Crippen LogP contribution is 2.22. The Morgan fingerprint density at radius 2 is 1.92 bits per heavy atom. The Morgan fingerprint density at radius 3 is 2.64 bits per heavy atom. The standard InChI is InChI=1S/C19H24ClN5/c1-14-18(22-13-21-14)12-25(10-9-24(2)3)11-16-8-7-15-5-4-6-17(20)19(15)23-16/h4-8,13H,9-12H2,1-3H3,(H,21,22). The Bertz CT molecular complexity index is 843. The number of H-pyrrole nitrogens is 1. The van der Waals surface area contributed by atoms with E-state index in [-0.39, 0.29) is 0 Å². The number of nitrogens with one attached hydrogen (secondary N) is 1. The summed E-state index contributed by atoms with van der Waals surface area (Å²) >= 11 is 6.31. The topological polar surface area (TPSA) is 48.1 Å². The summed E-state index contributed by atoms with van der Waals surface area (Å²) in [5.74, 6) is 0. The van der Waals surface area contributed by atoms with Crippen LogP contribution in [0.25, 0.3) is 10.9 Å². The van der Waals surface area contributed by atoms with Crippen molar-refractivity contribution in [3.63, 3.8) is 0 Å². The van der Waals surface area contributed by atoms with Gasteiger partial charge >= 0.3 is 0 Å². The molecule has 3 aromatic rings. The molecule has 2 aromatic heterocycles. The first-order valence-corrected chi connectivity index (χ1v) is 8.81. The first-order valence-electron chi connectivity index (χ1n) is 8.43. The van der Waals surface area contributed by atoms with E-state index in [1.54, 1.807) is 6.33 Å². The Kier molecular flexibility index (Phi) is 5.68. The third kappa shape index (κ3) is 4.57. The van der Waals surface area contributed by atoms with Gasteiger partial charge in [0, 0.05) is 37.3 Å². The predicted octanol–water partition coefficient (Wildman–Crippen LogP) is 3.48. The zero-order chi connectivity index (χ0) is 17.8. The van der Waals surface area contributed by atoms with Crippen molar-refractivity contribution in [2.24, 2.45) is 0 Å². The Balaban J connectivity index is 1.81. The van der Waals surface area contributed by atoms with Crippen molar-refractivity contribution in [3.8, 4) is 0 Å². The van der Waals surface area contributed by atoms with Crippen molar-refractivity contribution < 1.29 is 0 Å². The minimum Gasteiger partial charge on any atom is -0.348 e. The average Bonchev–Trinajstić information content (AvgIpc) is 2.98. The fraction of sp³-hybridized carbons (Fsp3) is 0.368. The molecule has 0 unspecified atom stereocenters. The molecule has 1 aromatic carbocycles. The van der Waals surface area contributed by atoms with Gasteiger partial charge < -0.3 is 9.88 Å². The van der Waals surface area contributed by atoms with Crippen LogP contribution in [0.3, 0.4) is 0 Å². The second-order valence-electron chi connectivity index (χ2n) is 6.60. The summed E-state index contributed by atoms with van der Waals surface area (Å²) < 4.78 is 0. The molecular weight excluding hydrogens is 334 g/mol. The number of likely N-dealkylation sites (N-methyl/N-ethyl adjacent to an activating group) is 1. The molecule has 6 heteroatoms. The van der Waals surface area contributed by atoms with Crippen LogP contribution < -0.4 is 0 Å². The van der Waals surface area contributed by atoms with E-state index < -0.39 is 0 Å². The number of halogens is 1. The molecule has 1 N–H and O–H groups in total. The monoisotopic (exact) mass is 357 g/mol. The van der Waals surface area contributed by atoms with Crippen molar-refractivity contribution in [1.82, 2.24) is 24.8 Å². The second-order valence-corrected chi connectivity index (χ2v) is 7.01. The fourth-order valence-corrected chi connectivity index (χ4v) is 3.01. The molecule has 25 heavy (non-hydrogen) atoms. The molecule has 0 amide bonds. The lowest BCUT2D eigenvalue weighted by atomic mass is 10.2. The van der Waals surface area contributed by atoms with Crippen molar-refractivity contribution in [2.45, 2.75) is 20.0 Å². The Morgan fingerprint density at radius 1 is 1.08 bits per heavy atom. The van der Waals surface area contributed by atoms with E-state index in [1.165, 1.54) is 0 Å². The number of para-hydroxylation sites is 1. The summed E-state index contributed by atoms with van der Waals surface area (Å²) in [6.45, 7) is 5.55. The highest BCUT2D eigenvalue weighted by Gasteiger charge is 2.12. The predicted molar refractivity (Wildman–Crippen MR) is 103 cm³/mol. The maximum Gasteiger partial charge on any atom is 0.0925 e. The molecule has 0 saturated heterocycles. The number of benzene rings is 1.